The first-order chi connectivity index (χ1) is 7.83. The highest BCUT2D eigenvalue weighted by Gasteiger charge is 2.02. The zero-order chi connectivity index (χ0) is 11.4. The minimum atomic E-state index is 0.0753. The van der Waals surface area contributed by atoms with E-state index in [0.717, 1.165) is 16.3 Å². The normalized spacial score (nSPS) is 9.88. The summed E-state index contributed by atoms with van der Waals surface area (Å²) in [6, 6.07) is 7.74. The lowest BCUT2D eigenvalue weighted by molar-refractivity contribution is 0.305. The van der Waals surface area contributed by atoms with Crippen LogP contribution >= 0.6 is 11.6 Å². The van der Waals surface area contributed by atoms with Gasteiger partial charge in [-0.3, -0.25) is 0 Å². The standard InChI is InChI=1S/C13H10ClNO/c14-13-12-7-2-1-6-11(12)10(9-15-13)5-3-4-8-16/h1-2,6-7,9,16H,4,8H2. The molecule has 1 N–H and O–H groups in total. The maximum Gasteiger partial charge on any atom is 0.136 e. The third kappa shape index (κ3) is 2.16. The van der Waals surface area contributed by atoms with Crippen LogP contribution in [-0.2, 0) is 0 Å². The molecule has 0 aliphatic heterocycles. The van der Waals surface area contributed by atoms with E-state index >= 15 is 0 Å². The molecule has 0 unspecified atom stereocenters. The number of aliphatic hydroxyl groups is 1. The maximum atomic E-state index is 8.66. The van der Waals surface area contributed by atoms with Crippen LogP contribution in [0.1, 0.15) is 12.0 Å². The molecule has 0 amide bonds. The van der Waals surface area contributed by atoms with Crippen LogP contribution in [-0.4, -0.2) is 16.7 Å². The van der Waals surface area contributed by atoms with E-state index in [1.165, 1.54) is 0 Å². The van der Waals surface area contributed by atoms with Gasteiger partial charge in [-0.05, 0) is 0 Å². The minimum Gasteiger partial charge on any atom is -0.395 e. The smallest absolute Gasteiger partial charge is 0.136 e. The van der Waals surface area contributed by atoms with E-state index < -0.39 is 0 Å². The Morgan fingerprint density at radius 3 is 2.75 bits per heavy atom. The molecule has 0 aliphatic carbocycles. The lowest BCUT2D eigenvalue weighted by atomic mass is 10.1. The Morgan fingerprint density at radius 2 is 2.00 bits per heavy atom. The van der Waals surface area contributed by atoms with Gasteiger partial charge in [0, 0.05) is 23.4 Å². The molecule has 2 nitrogen and oxygen atoms in total. The Labute approximate surface area is 98.9 Å². The molecule has 0 radical (unpaired) electrons. The van der Waals surface area contributed by atoms with Gasteiger partial charge in [0.05, 0.1) is 12.2 Å². The molecule has 0 fully saturated rings. The largest absolute Gasteiger partial charge is 0.395 e. The fraction of sp³-hybridized carbons (Fsp3) is 0.154. The summed E-state index contributed by atoms with van der Waals surface area (Å²) in [5, 5.41) is 11.0. The Kier molecular flexibility index (Phi) is 3.40. The summed E-state index contributed by atoms with van der Waals surface area (Å²) < 4.78 is 0. The number of aromatic nitrogens is 1. The van der Waals surface area contributed by atoms with E-state index in [9.17, 15) is 0 Å². The molecule has 1 aromatic carbocycles. The molecule has 2 rings (SSSR count). The van der Waals surface area contributed by atoms with E-state index in [-0.39, 0.29) is 6.61 Å². The Bertz CT molecular complexity index is 569. The van der Waals surface area contributed by atoms with Crippen molar-refractivity contribution in [1.29, 1.82) is 0 Å². The molecule has 0 saturated carbocycles. The summed E-state index contributed by atoms with van der Waals surface area (Å²) in [4.78, 5) is 4.09. The second kappa shape index (κ2) is 4.98. The number of fused-ring (bicyclic) bond motifs is 1. The van der Waals surface area contributed by atoms with Gasteiger partial charge in [0.25, 0.3) is 0 Å². The third-order valence-corrected chi connectivity index (χ3v) is 2.51. The summed E-state index contributed by atoms with van der Waals surface area (Å²) in [5.41, 5.74) is 0.841. The summed E-state index contributed by atoms with van der Waals surface area (Å²) in [6.45, 7) is 0.0753. The monoisotopic (exact) mass is 231 g/mol. The van der Waals surface area contributed by atoms with E-state index in [1.807, 2.05) is 24.3 Å². The van der Waals surface area contributed by atoms with Gasteiger partial charge in [-0.1, -0.05) is 47.7 Å². The number of rotatable bonds is 1. The van der Waals surface area contributed by atoms with Crippen molar-refractivity contribution in [1.82, 2.24) is 4.98 Å². The quantitative estimate of drug-likeness (QED) is 0.605. The minimum absolute atomic E-state index is 0.0753. The Morgan fingerprint density at radius 1 is 1.25 bits per heavy atom. The highest BCUT2D eigenvalue weighted by molar-refractivity contribution is 6.34. The van der Waals surface area contributed by atoms with Gasteiger partial charge in [-0.15, -0.1) is 0 Å². The molecule has 0 spiro atoms. The van der Waals surface area contributed by atoms with Gasteiger partial charge in [-0.25, -0.2) is 4.98 Å². The van der Waals surface area contributed by atoms with Crippen molar-refractivity contribution < 1.29 is 5.11 Å². The van der Waals surface area contributed by atoms with Crippen LogP contribution in [0.25, 0.3) is 10.8 Å². The van der Waals surface area contributed by atoms with Gasteiger partial charge in [0.1, 0.15) is 5.15 Å². The van der Waals surface area contributed by atoms with Crippen molar-refractivity contribution >= 4 is 22.4 Å². The maximum absolute atomic E-state index is 8.66. The van der Waals surface area contributed by atoms with Crippen molar-refractivity contribution in [3.63, 3.8) is 0 Å². The topological polar surface area (TPSA) is 33.1 Å². The SMILES string of the molecule is OCCC#Cc1cnc(Cl)c2ccccc12. The molecule has 3 heteroatoms. The lowest BCUT2D eigenvalue weighted by Gasteiger charge is -2.01. The molecular formula is C13H10ClNO. The number of aliphatic hydroxyl groups excluding tert-OH is 1. The summed E-state index contributed by atoms with van der Waals surface area (Å²) in [7, 11) is 0. The van der Waals surface area contributed by atoms with E-state index in [2.05, 4.69) is 16.8 Å². The molecule has 0 saturated heterocycles. The fourth-order valence-corrected chi connectivity index (χ4v) is 1.69. The van der Waals surface area contributed by atoms with Crippen LogP contribution in [0.3, 0.4) is 0 Å². The number of benzene rings is 1. The third-order valence-electron chi connectivity index (χ3n) is 2.21. The van der Waals surface area contributed by atoms with Crippen molar-refractivity contribution in [2.75, 3.05) is 6.61 Å². The van der Waals surface area contributed by atoms with Crippen LogP contribution < -0.4 is 0 Å². The molecule has 16 heavy (non-hydrogen) atoms. The zero-order valence-electron chi connectivity index (χ0n) is 8.57. The summed E-state index contributed by atoms with van der Waals surface area (Å²) in [5.74, 6) is 5.86. The highest BCUT2D eigenvalue weighted by Crippen LogP contribution is 2.23. The average molecular weight is 232 g/mol. The number of nitrogens with zero attached hydrogens (tertiary/aromatic N) is 1. The van der Waals surface area contributed by atoms with Gasteiger partial charge >= 0.3 is 0 Å². The number of pyridine rings is 1. The predicted molar refractivity (Wildman–Crippen MR) is 65.3 cm³/mol. The Hall–Kier alpha value is -1.56. The Balaban J connectivity index is 2.56. The number of halogens is 1. The molecule has 0 bridgehead atoms. The first kappa shape index (κ1) is 10.9. The lowest BCUT2D eigenvalue weighted by Crippen LogP contribution is -1.85. The van der Waals surface area contributed by atoms with Crippen LogP contribution in [0.2, 0.25) is 5.15 Å². The average Bonchev–Trinajstić information content (AvgIpc) is 2.33. The molecule has 1 heterocycles. The molecule has 2 aromatic rings. The van der Waals surface area contributed by atoms with Crippen molar-refractivity contribution in [2.45, 2.75) is 6.42 Å². The van der Waals surface area contributed by atoms with E-state index in [0.29, 0.717) is 11.6 Å². The molecule has 1 aromatic heterocycles. The van der Waals surface area contributed by atoms with Crippen molar-refractivity contribution in [3.8, 4) is 11.8 Å². The van der Waals surface area contributed by atoms with Gasteiger partial charge in [0.15, 0.2) is 0 Å². The fourth-order valence-electron chi connectivity index (χ4n) is 1.47. The van der Waals surface area contributed by atoms with Crippen LogP contribution in [0, 0.1) is 11.8 Å². The second-order valence-electron chi connectivity index (χ2n) is 3.28. The van der Waals surface area contributed by atoms with Crippen molar-refractivity contribution in [3.05, 3.63) is 41.2 Å². The van der Waals surface area contributed by atoms with Gasteiger partial charge in [0.2, 0.25) is 0 Å². The first-order valence-electron chi connectivity index (χ1n) is 4.96. The van der Waals surface area contributed by atoms with Gasteiger partial charge < -0.3 is 5.11 Å². The molecule has 0 aliphatic rings. The highest BCUT2D eigenvalue weighted by atomic mass is 35.5. The van der Waals surface area contributed by atoms with Crippen LogP contribution in [0.5, 0.6) is 0 Å². The van der Waals surface area contributed by atoms with E-state index in [4.69, 9.17) is 16.7 Å². The first-order valence-corrected chi connectivity index (χ1v) is 5.33. The second-order valence-corrected chi connectivity index (χ2v) is 3.64. The zero-order valence-corrected chi connectivity index (χ0v) is 9.33. The molecule has 80 valence electrons. The van der Waals surface area contributed by atoms with Crippen LogP contribution in [0.15, 0.2) is 30.5 Å². The number of hydrogen-bond acceptors (Lipinski definition) is 2. The summed E-state index contributed by atoms with van der Waals surface area (Å²) >= 11 is 5.99. The van der Waals surface area contributed by atoms with Gasteiger partial charge in [-0.2, -0.15) is 0 Å². The predicted octanol–water partition coefficient (Wildman–Crippen LogP) is 2.62. The van der Waals surface area contributed by atoms with Crippen molar-refractivity contribution in [2.24, 2.45) is 0 Å². The molecule has 0 atom stereocenters. The van der Waals surface area contributed by atoms with Crippen LogP contribution in [0.4, 0.5) is 0 Å². The summed E-state index contributed by atoms with van der Waals surface area (Å²) in [6.07, 6.45) is 2.13. The molecular weight excluding hydrogens is 222 g/mol. The number of hydrogen-bond donors (Lipinski definition) is 1. The van der Waals surface area contributed by atoms with E-state index in [1.54, 1.807) is 6.20 Å².